The lowest BCUT2D eigenvalue weighted by atomic mass is 9.83. The molecule has 0 bridgehead atoms. The molecule has 0 radical (unpaired) electrons. The largest absolute Gasteiger partial charge is 0.394 e. The van der Waals surface area contributed by atoms with E-state index in [4.69, 9.17) is 5.73 Å². The van der Waals surface area contributed by atoms with Gasteiger partial charge in [0.1, 0.15) is 0 Å². The second kappa shape index (κ2) is 5.24. The van der Waals surface area contributed by atoms with Crippen molar-refractivity contribution in [1.29, 1.82) is 0 Å². The number of anilines is 2. The Morgan fingerprint density at radius 3 is 2.43 bits per heavy atom. The number of nitrogen functional groups attached to an aromatic ring is 1. The number of nitrogens with one attached hydrogen (secondary N) is 1. The molecule has 2 rings (SSSR count). The van der Waals surface area contributed by atoms with E-state index in [2.05, 4.69) is 31.2 Å². The molecule has 1 heterocycles. The van der Waals surface area contributed by atoms with E-state index >= 15 is 0 Å². The molecule has 1 aromatic heterocycles. The summed E-state index contributed by atoms with van der Waals surface area (Å²) in [5.41, 5.74) is 8.71. The number of carbonyl (C=O) groups is 1. The third kappa shape index (κ3) is 2.91. The number of hydrogen-bond acceptors (Lipinski definition) is 3. The van der Waals surface area contributed by atoms with Gasteiger partial charge in [0.25, 0.3) is 5.91 Å². The van der Waals surface area contributed by atoms with Gasteiger partial charge in [0, 0.05) is 12.6 Å². The summed E-state index contributed by atoms with van der Waals surface area (Å²) in [5, 5.41) is 7.07. The molecule has 1 aromatic carbocycles. The Hall–Kier alpha value is -2.30. The molecule has 0 aliphatic carbocycles. The first kappa shape index (κ1) is 15.1. The summed E-state index contributed by atoms with van der Waals surface area (Å²) in [7, 11) is 1.76. The minimum Gasteiger partial charge on any atom is -0.394 e. The van der Waals surface area contributed by atoms with E-state index in [0.717, 1.165) is 5.56 Å². The van der Waals surface area contributed by atoms with Gasteiger partial charge in [-0.3, -0.25) is 9.48 Å². The fourth-order valence-corrected chi connectivity index (χ4v) is 2.33. The summed E-state index contributed by atoms with van der Waals surface area (Å²) < 4.78 is 1.59. The molecule has 0 spiro atoms. The Bertz CT molecular complexity index is 680. The third-order valence-electron chi connectivity index (χ3n) is 3.48. The fourth-order valence-electron chi connectivity index (χ4n) is 2.33. The van der Waals surface area contributed by atoms with Crippen molar-refractivity contribution >= 4 is 17.4 Å². The first-order valence-corrected chi connectivity index (χ1v) is 6.91. The van der Waals surface area contributed by atoms with Gasteiger partial charge in [0.2, 0.25) is 0 Å². The highest BCUT2D eigenvalue weighted by Crippen LogP contribution is 2.27. The minimum absolute atomic E-state index is 0.109. The Morgan fingerprint density at radius 2 is 1.90 bits per heavy atom. The number of hydrogen-bond donors (Lipinski definition) is 2. The van der Waals surface area contributed by atoms with Crippen LogP contribution in [0.25, 0.3) is 0 Å². The molecule has 5 nitrogen and oxygen atoms in total. The predicted molar refractivity (Wildman–Crippen MR) is 85.5 cm³/mol. The molecule has 0 aliphatic rings. The molecule has 0 saturated carbocycles. The molecule has 3 N–H and O–H groups in total. The SMILES string of the molecule is Cc1nn(C)c(NC(=O)c2ccccc2C(C)(C)C)c1N. The maximum absolute atomic E-state index is 12.6. The Balaban J connectivity index is 2.38. The zero-order valence-electron chi connectivity index (χ0n) is 13.2. The number of benzene rings is 1. The van der Waals surface area contributed by atoms with E-state index in [0.29, 0.717) is 22.8 Å². The standard InChI is InChI=1S/C16H22N4O/c1-10-13(17)14(20(5)19-10)18-15(21)11-8-6-7-9-12(11)16(2,3)4/h6-9H,17H2,1-5H3,(H,18,21). The van der Waals surface area contributed by atoms with Crippen LogP contribution in [0.15, 0.2) is 24.3 Å². The van der Waals surface area contributed by atoms with Crippen molar-refractivity contribution in [3.05, 3.63) is 41.1 Å². The molecule has 0 fully saturated rings. The Labute approximate surface area is 125 Å². The maximum Gasteiger partial charge on any atom is 0.257 e. The van der Waals surface area contributed by atoms with Gasteiger partial charge in [0.15, 0.2) is 5.82 Å². The van der Waals surface area contributed by atoms with E-state index in [-0.39, 0.29) is 11.3 Å². The van der Waals surface area contributed by atoms with E-state index in [1.165, 1.54) is 0 Å². The van der Waals surface area contributed by atoms with E-state index in [1.807, 2.05) is 31.2 Å². The highest BCUT2D eigenvalue weighted by molar-refractivity contribution is 6.06. The van der Waals surface area contributed by atoms with Crippen LogP contribution in [-0.4, -0.2) is 15.7 Å². The molecule has 1 amide bonds. The highest BCUT2D eigenvalue weighted by atomic mass is 16.1. The van der Waals surface area contributed by atoms with Crippen LogP contribution in [0.2, 0.25) is 0 Å². The average molecular weight is 286 g/mol. The molecule has 2 aromatic rings. The zero-order chi connectivity index (χ0) is 15.8. The first-order chi connectivity index (χ1) is 9.71. The second-order valence-corrected chi connectivity index (χ2v) is 6.22. The van der Waals surface area contributed by atoms with Crippen LogP contribution in [-0.2, 0) is 12.5 Å². The zero-order valence-corrected chi connectivity index (χ0v) is 13.2. The minimum atomic E-state index is -0.171. The van der Waals surface area contributed by atoms with E-state index in [1.54, 1.807) is 11.7 Å². The molecule has 0 saturated heterocycles. The molecule has 112 valence electrons. The second-order valence-electron chi connectivity index (χ2n) is 6.22. The molecular formula is C16H22N4O. The third-order valence-corrected chi connectivity index (χ3v) is 3.48. The van der Waals surface area contributed by atoms with E-state index < -0.39 is 0 Å². The molecule has 0 unspecified atom stereocenters. The summed E-state index contributed by atoms with van der Waals surface area (Å²) in [6.07, 6.45) is 0. The van der Waals surface area contributed by atoms with Crippen LogP contribution in [0.1, 0.15) is 42.4 Å². The maximum atomic E-state index is 12.6. The van der Waals surface area contributed by atoms with Crippen LogP contribution < -0.4 is 11.1 Å². The van der Waals surface area contributed by atoms with Crippen LogP contribution in [0.4, 0.5) is 11.5 Å². The number of amides is 1. The van der Waals surface area contributed by atoms with Gasteiger partial charge in [-0.25, -0.2) is 0 Å². The fraction of sp³-hybridized carbons (Fsp3) is 0.375. The van der Waals surface area contributed by atoms with Crippen LogP contribution in [0, 0.1) is 6.92 Å². The summed E-state index contributed by atoms with van der Waals surface area (Å²) in [5.74, 6) is 0.358. The average Bonchev–Trinajstić information content (AvgIpc) is 2.64. The highest BCUT2D eigenvalue weighted by Gasteiger charge is 2.22. The van der Waals surface area contributed by atoms with Crippen molar-refractivity contribution in [2.24, 2.45) is 7.05 Å². The monoisotopic (exact) mass is 286 g/mol. The van der Waals surface area contributed by atoms with Crippen molar-refractivity contribution in [3.8, 4) is 0 Å². The van der Waals surface area contributed by atoms with Gasteiger partial charge in [-0.15, -0.1) is 0 Å². The van der Waals surface area contributed by atoms with Gasteiger partial charge >= 0.3 is 0 Å². The van der Waals surface area contributed by atoms with Gasteiger partial charge in [-0.05, 0) is 24.0 Å². The van der Waals surface area contributed by atoms with Gasteiger partial charge < -0.3 is 11.1 Å². The Kier molecular flexibility index (Phi) is 3.77. The number of aryl methyl sites for hydroxylation is 2. The normalized spacial score (nSPS) is 11.5. The van der Waals surface area contributed by atoms with Crippen molar-refractivity contribution in [1.82, 2.24) is 9.78 Å². The van der Waals surface area contributed by atoms with Gasteiger partial charge in [0.05, 0.1) is 11.4 Å². The summed E-state index contributed by atoms with van der Waals surface area (Å²) >= 11 is 0. The molecule has 0 atom stereocenters. The number of aromatic nitrogens is 2. The number of nitrogens with zero attached hydrogens (tertiary/aromatic N) is 2. The lowest BCUT2D eigenvalue weighted by Crippen LogP contribution is -2.22. The van der Waals surface area contributed by atoms with Crippen LogP contribution in [0.5, 0.6) is 0 Å². The molecule has 0 aliphatic heterocycles. The van der Waals surface area contributed by atoms with Crippen molar-refractivity contribution in [3.63, 3.8) is 0 Å². The number of rotatable bonds is 2. The first-order valence-electron chi connectivity index (χ1n) is 6.91. The van der Waals surface area contributed by atoms with Crippen LogP contribution in [0.3, 0.4) is 0 Å². The number of nitrogens with two attached hydrogens (primary N) is 1. The molecule has 5 heteroatoms. The number of carbonyl (C=O) groups excluding carboxylic acids is 1. The molecule has 21 heavy (non-hydrogen) atoms. The van der Waals surface area contributed by atoms with Crippen molar-refractivity contribution in [2.45, 2.75) is 33.1 Å². The smallest absolute Gasteiger partial charge is 0.257 e. The van der Waals surface area contributed by atoms with Crippen molar-refractivity contribution in [2.75, 3.05) is 11.1 Å². The van der Waals surface area contributed by atoms with E-state index in [9.17, 15) is 4.79 Å². The summed E-state index contributed by atoms with van der Waals surface area (Å²) in [6, 6.07) is 7.62. The lowest BCUT2D eigenvalue weighted by molar-refractivity contribution is 0.102. The van der Waals surface area contributed by atoms with Crippen molar-refractivity contribution < 1.29 is 4.79 Å². The predicted octanol–water partition coefficient (Wildman–Crippen LogP) is 2.86. The summed E-state index contributed by atoms with van der Waals surface area (Å²) in [6.45, 7) is 8.07. The quantitative estimate of drug-likeness (QED) is 0.891. The molecular weight excluding hydrogens is 264 g/mol. The Morgan fingerprint density at radius 1 is 1.29 bits per heavy atom. The topological polar surface area (TPSA) is 72.9 Å². The summed E-state index contributed by atoms with van der Waals surface area (Å²) in [4.78, 5) is 12.6. The lowest BCUT2D eigenvalue weighted by Gasteiger charge is -2.22. The van der Waals surface area contributed by atoms with Crippen LogP contribution >= 0.6 is 0 Å². The van der Waals surface area contributed by atoms with Gasteiger partial charge in [-0.2, -0.15) is 5.10 Å². The van der Waals surface area contributed by atoms with Gasteiger partial charge in [-0.1, -0.05) is 39.0 Å².